The average Bonchev–Trinajstić information content (AvgIpc) is 3.29. The summed E-state index contributed by atoms with van der Waals surface area (Å²) < 4.78 is 3.85. The molecule has 0 saturated heterocycles. The van der Waals surface area contributed by atoms with Crippen molar-refractivity contribution in [2.75, 3.05) is 10.6 Å². The van der Waals surface area contributed by atoms with E-state index >= 15 is 0 Å². The molecule has 0 atom stereocenters. The van der Waals surface area contributed by atoms with Crippen molar-refractivity contribution in [1.29, 1.82) is 0 Å². The summed E-state index contributed by atoms with van der Waals surface area (Å²) in [7, 11) is 0. The molecule has 32 heavy (non-hydrogen) atoms. The van der Waals surface area contributed by atoms with Gasteiger partial charge in [0.2, 0.25) is 0 Å². The van der Waals surface area contributed by atoms with Crippen molar-refractivity contribution in [3.63, 3.8) is 0 Å². The summed E-state index contributed by atoms with van der Waals surface area (Å²) in [6.07, 6.45) is 3.72. The SMILES string of the molecule is Cc1ccccc1Cn1cc(NC(=S)Nc2c(C)nn(Cc3cccc(Cl)c3)c2C)cn1. The third kappa shape index (κ3) is 5.18. The Bertz CT molecular complexity index is 1260. The van der Waals surface area contributed by atoms with Gasteiger partial charge in [0.25, 0.3) is 0 Å². The van der Waals surface area contributed by atoms with Crippen molar-refractivity contribution in [3.8, 4) is 0 Å². The molecular formula is C24H25ClN6S. The van der Waals surface area contributed by atoms with Gasteiger partial charge in [-0.15, -0.1) is 0 Å². The van der Waals surface area contributed by atoms with Gasteiger partial charge in [-0.1, -0.05) is 48.0 Å². The first-order valence-corrected chi connectivity index (χ1v) is 11.1. The van der Waals surface area contributed by atoms with Gasteiger partial charge in [-0.2, -0.15) is 10.2 Å². The van der Waals surface area contributed by atoms with E-state index in [0.29, 0.717) is 18.2 Å². The fourth-order valence-electron chi connectivity index (χ4n) is 3.59. The van der Waals surface area contributed by atoms with Crippen molar-refractivity contribution >= 4 is 40.3 Å². The molecule has 6 nitrogen and oxygen atoms in total. The minimum Gasteiger partial charge on any atom is -0.330 e. The van der Waals surface area contributed by atoms with Crippen molar-refractivity contribution in [2.45, 2.75) is 33.9 Å². The van der Waals surface area contributed by atoms with Crippen molar-refractivity contribution < 1.29 is 0 Å². The molecule has 2 N–H and O–H groups in total. The lowest BCUT2D eigenvalue weighted by Crippen LogP contribution is -2.19. The molecule has 0 aliphatic carbocycles. The molecule has 8 heteroatoms. The molecule has 0 spiro atoms. The Hall–Kier alpha value is -3.16. The quantitative estimate of drug-likeness (QED) is 0.365. The maximum Gasteiger partial charge on any atom is 0.175 e. The van der Waals surface area contributed by atoms with E-state index < -0.39 is 0 Å². The lowest BCUT2D eigenvalue weighted by atomic mass is 10.1. The number of aryl methyl sites for hydroxylation is 2. The van der Waals surface area contributed by atoms with Crippen LogP contribution >= 0.6 is 23.8 Å². The Morgan fingerprint density at radius 2 is 1.84 bits per heavy atom. The number of rotatable bonds is 6. The number of aromatic nitrogens is 4. The summed E-state index contributed by atoms with van der Waals surface area (Å²) in [5.41, 5.74) is 7.19. The average molecular weight is 465 g/mol. The summed E-state index contributed by atoms with van der Waals surface area (Å²) in [6.45, 7) is 7.44. The van der Waals surface area contributed by atoms with Crippen LogP contribution in [0.1, 0.15) is 28.1 Å². The van der Waals surface area contributed by atoms with E-state index in [9.17, 15) is 0 Å². The van der Waals surface area contributed by atoms with Gasteiger partial charge in [0.15, 0.2) is 5.11 Å². The number of halogens is 1. The van der Waals surface area contributed by atoms with Gasteiger partial charge < -0.3 is 10.6 Å². The third-order valence-corrected chi connectivity index (χ3v) is 5.77. The zero-order valence-corrected chi connectivity index (χ0v) is 19.8. The molecule has 0 unspecified atom stereocenters. The van der Waals surface area contributed by atoms with Crippen LogP contribution < -0.4 is 10.6 Å². The van der Waals surface area contributed by atoms with Crippen LogP contribution in [0.2, 0.25) is 5.02 Å². The van der Waals surface area contributed by atoms with Crippen molar-refractivity contribution in [1.82, 2.24) is 19.6 Å². The van der Waals surface area contributed by atoms with Crippen LogP contribution in [-0.4, -0.2) is 24.7 Å². The highest BCUT2D eigenvalue weighted by molar-refractivity contribution is 7.80. The highest BCUT2D eigenvalue weighted by Crippen LogP contribution is 2.22. The molecule has 0 saturated carbocycles. The predicted octanol–water partition coefficient (Wildman–Crippen LogP) is 5.56. The number of anilines is 2. The Morgan fingerprint density at radius 3 is 2.62 bits per heavy atom. The summed E-state index contributed by atoms with van der Waals surface area (Å²) >= 11 is 11.7. The normalized spacial score (nSPS) is 10.9. The minimum absolute atomic E-state index is 0.494. The molecule has 0 radical (unpaired) electrons. The first-order valence-electron chi connectivity index (χ1n) is 10.3. The zero-order chi connectivity index (χ0) is 22.7. The van der Waals surface area contributed by atoms with Gasteiger partial charge in [-0.05, 0) is 61.8 Å². The summed E-state index contributed by atoms with van der Waals surface area (Å²) in [5, 5.41) is 16.8. The fraction of sp³-hybridized carbons (Fsp3) is 0.208. The summed E-state index contributed by atoms with van der Waals surface area (Å²) in [4.78, 5) is 0. The molecule has 4 rings (SSSR count). The highest BCUT2D eigenvalue weighted by Gasteiger charge is 2.14. The first kappa shape index (κ1) is 22.0. The Balaban J connectivity index is 1.41. The zero-order valence-electron chi connectivity index (χ0n) is 18.3. The summed E-state index contributed by atoms with van der Waals surface area (Å²) in [5.74, 6) is 0. The van der Waals surface area contributed by atoms with Gasteiger partial charge >= 0.3 is 0 Å². The van der Waals surface area contributed by atoms with Gasteiger partial charge in [-0.3, -0.25) is 9.36 Å². The number of nitrogens with zero attached hydrogens (tertiary/aromatic N) is 4. The number of thiocarbonyl (C=S) groups is 1. The van der Waals surface area contributed by atoms with Gasteiger partial charge in [0, 0.05) is 11.2 Å². The predicted molar refractivity (Wildman–Crippen MR) is 135 cm³/mol. The van der Waals surface area contributed by atoms with Crippen molar-refractivity contribution in [2.24, 2.45) is 0 Å². The van der Waals surface area contributed by atoms with E-state index in [-0.39, 0.29) is 0 Å². The molecule has 164 valence electrons. The second kappa shape index (κ2) is 9.54. The molecule has 2 aromatic carbocycles. The molecule has 2 heterocycles. The minimum atomic E-state index is 0.494. The Kier molecular flexibility index (Phi) is 6.58. The van der Waals surface area contributed by atoms with Gasteiger partial charge in [0.05, 0.1) is 42.0 Å². The monoisotopic (exact) mass is 464 g/mol. The van der Waals surface area contributed by atoms with E-state index in [1.54, 1.807) is 6.20 Å². The van der Waals surface area contributed by atoms with E-state index in [1.807, 2.05) is 65.8 Å². The first-order chi connectivity index (χ1) is 15.4. The molecule has 0 fully saturated rings. The maximum absolute atomic E-state index is 6.11. The number of hydrogen-bond acceptors (Lipinski definition) is 3. The lowest BCUT2D eigenvalue weighted by molar-refractivity contribution is 0.659. The topological polar surface area (TPSA) is 59.7 Å². The maximum atomic E-state index is 6.11. The van der Waals surface area contributed by atoms with Crippen LogP contribution in [-0.2, 0) is 13.1 Å². The fourth-order valence-corrected chi connectivity index (χ4v) is 4.03. The molecule has 2 aromatic heterocycles. The summed E-state index contributed by atoms with van der Waals surface area (Å²) in [6, 6.07) is 16.1. The molecule has 0 aliphatic heterocycles. The number of nitrogens with one attached hydrogen (secondary N) is 2. The highest BCUT2D eigenvalue weighted by atomic mass is 35.5. The molecular weight excluding hydrogens is 440 g/mol. The number of benzene rings is 2. The Labute approximate surface area is 198 Å². The van der Waals surface area contributed by atoms with Crippen LogP contribution in [0.15, 0.2) is 60.9 Å². The van der Waals surface area contributed by atoms with Crippen LogP contribution in [0.5, 0.6) is 0 Å². The lowest BCUT2D eigenvalue weighted by Gasteiger charge is -2.10. The van der Waals surface area contributed by atoms with Crippen LogP contribution in [0.4, 0.5) is 11.4 Å². The van der Waals surface area contributed by atoms with Gasteiger partial charge in [-0.25, -0.2) is 0 Å². The van der Waals surface area contributed by atoms with E-state index in [4.69, 9.17) is 23.8 Å². The second-order valence-corrected chi connectivity index (χ2v) is 8.61. The van der Waals surface area contributed by atoms with Crippen LogP contribution in [0.25, 0.3) is 0 Å². The van der Waals surface area contributed by atoms with Crippen LogP contribution in [0, 0.1) is 20.8 Å². The van der Waals surface area contributed by atoms with E-state index in [0.717, 1.165) is 33.3 Å². The molecule has 0 bridgehead atoms. The van der Waals surface area contributed by atoms with E-state index in [1.165, 1.54) is 11.1 Å². The van der Waals surface area contributed by atoms with Crippen molar-refractivity contribution in [3.05, 3.63) is 94.0 Å². The number of hydrogen-bond donors (Lipinski definition) is 2. The molecule has 0 aliphatic rings. The Morgan fingerprint density at radius 1 is 1.03 bits per heavy atom. The molecule has 0 amide bonds. The van der Waals surface area contributed by atoms with Crippen LogP contribution in [0.3, 0.4) is 0 Å². The largest absolute Gasteiger partial charge is 0.330 e. The van der Waals surface area contributed by atoms with Gasteiger partial charge in [0.1, 0.15) is 0 Å². The standard InChI is InChI=1S/C24H25ClN6S/c1-16-7-4-5-9-20(16)14-30-15-22(12-26-30)27-24(32)28-23-17(2)29-31(18(23)3)13-19-8-6-10-21(25)11-19/h4-12,15H,13-14H2,1-3H3,(H2,27,28,32). The smallest absolute Gasteiger partial charge is 0.175 e. The second-order valence-electron chi connectivity index (χ2n) is 7.77. The van der Waals surface area contributed by atoms with E-state index in [2.05, 4.69) is 39.9 Å². The third-order valence-electron chi connectivity index (χ3n) is 5.33. The molecule has 4 aromatic rings.